The van der Waals surface area contributed by atoms with Gasteiger partial charge in [-0.05, 0) is 64.7 Å². The number of fused-ring (bicyclic) bond motifs is 7. The third kappa shape index (κ3) is 4.67. The van der Waals surface area contributed by atoms with Crippen LogP contribution in [0.5, 0.6) is 5.75 Å². The molecule has 0 fully saturated rings. The second-order valence-electron chi connectivity index (χ2n) is 12.0. The number of hydrogen-bond donors (Lipinski definition) is 0. The Bertz CT molecular complexity index is 2510. The molecular weight excluding hydrogens is 574 g/mol. The molecular formula is C44H31NO2. The fourth-order valence-electron chi connectivity index (χ4n) is 7.06. The minimum absolute atomic E-state index is 0.494. The van der Waals surface area contributed by atoms with Gasteiger partial charge in [0, 0.05) is 21.7 Å². The first-order chi connectivity index (χ1) is 23.3. The molecule has 0 N–H and O–H groups in total. The monoisotopic (exact) mass is 605 g/mol. The van der Waals surface area contributed by atoms with Crippen LogP contribution in [0.1, 0.15) is 11.1 Å². The van der Waals surface area contributed by atoms with Crippen molar-refractivity contribution in [3.8, 4) is 5.75 Å². The van der Waals surface area contributed by atoms with Gasteiger partial charge in [-0.15, -0.1) is 0 Å². The summed E-state index contributed by atoms with van der Waals surface area (Å²) in [5, 5.41) is 6.92. The number of furan rings is 1. The van der Waals surface area contributed by atoms with Gasteiger partial charge in [0.05, 0.1) is 22.4 Å². The van der Waals surface area contributed by atoms with E-state index in [1.54, 1.807) is 0 Å². The Morgan fingerprint density at radius 3 is 2.09 bits per heavy atom. The summed E-state index contributed by atoms with van der Waals surface area (Å²) in [6.45, 7) is 0.494. The van der Waals surface area contributed by atoms with E-state index in [1.165, 1.54) is 21.7 Å². The molecule has 2 heterocycles. The molecule has 47 heavy (non-hydrogen) atoms. The first-order valence-corrected chi connectivity index (χ1v) is 16.1. The zero-order valence-electron chi connectivity index (χ0n) is 25.8. The van der Waals surface area contributed by atoms with Gasteiger partial charge in [-0.1, -0.05) is 127 Å². The lowest BCUT2D eigenvalue weighted by molar-refractivity contribution is 0.364. The predicted octanol–water partition coefficient (Wildman–Crippen LogP) is 11.9. The fourth-order valence-corrected chi connectivity index (χ4v) is 7.06. The zero-order chi connectivity index (χ0) is 31.2. The van der Waals surface area contributed by atoms with Crippen LogP contribution in [0.4, 0.5) is 17.1 Å². The lowest BCUT2D eigenvalue weighted by atomic mass is 9.97. The van der Waals surface area contributed by atoms with Crippen molar-refractivity contribution in [3.05, 3.63) is 175 Å². The lowest BCUT2D eigenvalue weighted by Crippen LogP contribution is -2.13. The van der Waals surface area contributed by atoms with E-state index in [4.69, 9.17) is 9.15 Å². The molecule has 0 radical (unpaired) electrons. The number of para-hydroxylation sites is 2. The van der Waals surface area contributed by atoms with Crippen LogP contribution in [0.15, 0.2) is 168 Å². The van der Waals surface area contributed by atoms with Gasteiger partial charge in [0.25, 0.3) is 0 Å². The van der Waals surface area contributed by atoms with Crippen LogP contribution in [0.3, 0.4) is 0 Å². The summed E-state index contributed by atoms with van der Waals surface area (Å²) in [5.41, 5.74) is 8.51. The molecule has 0 amide bonds. The number of allylic oxidation sites excluding steroid dienone is 3. The lowest BCUT2D eigenvalue weighted by Gasteiger charge is -2.29. The minimum Gasteiger partial charge on any atom is -0.489 e. The minimum atomic E-state index is 0.494. The smallest absolute Gasteiger partial charge is 0.137 e. The number of anilines is 3. The van der Waals surface area contributed by atoms with Crippen LogP contribution in [0.25, 0.3) is 49.1 Å². The van der Waals surface area contributed by atoms with E-state index in [2.05, 4.69) is 157 Å². The highest BCUT2D eigenvalue weighted by molar-refractivity contribution is 6.15. The first-order valence-electron chi connectivity index (χ1n) is 16.1. The van der Waals surface area contributed by atoms with Gasteiger partial charge in [-0.2, -0.15) is 0 Å². The Morgan fingerprint density at radius 2 is 1.17 bits per heavy atom. The molecule has 1 aliphatic heterocycles. The highest BCUT2D eigenvalue weighted by Gasteiger charge is 2.23. The van der Waals surface area contributed by atoms with Gasteiger partial charge in [0.15, 0.2) is 0 Å². The fraction of sp³-hybridized carbons (Fsp3) is 0.0455. The maximum Gasteiger partial charge on any atom is 0.137 e. The SMILES string of the molecule is C1=C\C(c2ccccc2N(c2cccc3ccccc23)c2cccc3oc4ccccc4c23)=C/Cc2ccc3ccccc3c2OC/1. The van der Waals surface area contributed by atoms with E-state index in [1.807, 2.05) is 12.1 Å². The molecule has 1 aromatic heterocycles. The molecule has 3 heteroatoms. The average Bonchev–Trinajstić information content (AvgIpc) is 3.55. The standard InChI is InChI=1S/C44H31NO2/c1-3-16-34-30(12-1)14-9-21-39(34)45(40-22-10-24-42-43(40)37-19-6-8-23-41(37)47-42)38-20-7-5-17-35(38)31-15-11-29-46-44-33(27-25-31)28-26-32-13-2-4-18-36(32)44/h1-26,28H,27,29H2/b15-11-,31-25+. The summed E-state index contributed by atoms with van der Waals surface area (Å²) in [6.07, 6.45) is 7.44. The molecule has 224 valence electrons. The maximum atomic E-state index is 6.41. The summed E-state index contributed by atoms with van der Waals surface area (Å²) < 4.78 is 12.8. The second kappa shape index (κ2) is 11.4. The van der Waals surface area contributed by atoms with Crippen LogP contribution < -0.4 is 9.64 Å². The third-order valence-corrected chi connectivity index (χ3v) is 9.21. The third-order valence-electron chi connectivity index (χ3n) is 9.21. The van der Waals surface area contributed by atoms with Gasteiger partial charge in [0.1, 0.15) is 23.5 Å². The van der Waals surface area contributed by atoms with E-state index >= 15 is 0 Å². The average molecular weight is 606 g/mol. The van der Waals surface area contributed by atoms with Crippen LogP contribution in [-0.4, -0.2) is 6.61 Å². The zero-order valence-corrected chi connectivity index (χ0v) is 25.8. The Balaban J connectivity index is 1.28. The van der Waals surface area contributed by atoms with E-state index in [0.29, 0.717) is 6.61 Å². The summed E-state index contributed by atoms with van der Waals surface area (Å²) >= 11 is 0. The molecule has 0 bridgehead atoms. The highest BCUT2D eigenvalue weighted by Crippen LogP contribution is 2.47. The highest BCUT2D eigenvalue weighted by atomic mass is 16.5. The predicted molar refractivity (Wildman–Crippen MR) is 196 cm³/mol. The second-order valence-corrected chi connectivity index (χ2v) is 12.0. The van der Waals surface area contributed by atoms with Gasteiger partial charge < -0.3 is 14.1 Å². The van der Waals surface area contributed by atoms with Crippen LogP contribution in [0.2, 0.25) is 0 Å². The topological polar surface area (TPSA) is 25.6 Å². The Morgan fingerprint density at radius 1 is 0.511 bits per heavy atom. The number of rotatable bonds is 4. The van der Waals surface area contributed by atoms with Gasteiger partial charge in [-0.3, -0.25) is 0 Å². The van der Waals surface area contributed by atoms with Crippen molar-refractivity contribution in [2.45, 2.75) is 6.42 Å². The van der Waals surface area contributed by atoms with E-state index in [0.717, 1.165) is 67.7 Å². The van der Waals surface area contributed by atoms with E-state index < -0.39 is 0 Å². The molecule has 0 saturated carbocycles. The molecule has 0 atom stereocenters. The van der Waals surface area contributed by atoms with Crippen molar-refractivity contribution in [2.24, 2.45) is 0 Å². The Hall–Kier alpha value is -6.06. The van der Waals surface area contributed by atoms with Crippen LogP contribution in [0, 0.1) is 0 Å². The molecule has 0 spiro atoms. The summed E-state index contributed by atoms with van der Waals surface area (Å²) in [7, 11) is 0. The van der Waals surface area contributed by atoms with Crippen molar-refractivity contribution < 1.29 is 9.15 Å². The van der Waals surface area contributed by atoms with Crippen molar-refractivity contribution >= 4 is 66.1 Å². The van der Waals surface area contributed by atoms with Crippen molar-refractivity contribution in [2.75, 3.05) is 11.5 Å². The largest absolute Gasteiger partial charge is 0.489 e. The Labute approximate surface area is 273 Å². The number of ether oxygens (including phenoxy) is 1. The molecule has 1 aliphatic rings. The summed E-state index contributed by atoms with van der Waals surface area (Å²) in [6, 6.07) is 51.5. The first kappa shape index (κ1) is 27.3. The van der Waals surface area contributed by atoms with Gasteiger partial charge >= 0.3 is 0 Å². The molecule has 0 unspecified atom stereocenters. The summed E-state index contributed by atoms with van der Waals surface area (Å²) in [4.78, 5) is 2.42. The summed E-state index contributed by atoms with van der Waals surface area (Å²) in [5.74, 6) is 0.967. The molecule has 3 nitrogen and oxygen atoms in total. The number of nitrogens with zero attached hydrogens (tertiary/aromatic N) is 1. The molecule has 8 aromatic rings. The van der Waals surface area contributed by atoms with Crippen molar-refractivity contribution in [3.63, 3.8) is 0 Å². The molecule has 0 aliphatic carbocycles. The normalized spacial score (nSPS) is 14.9. The molecule has 7 aromatic carbocycles. The van der Waals surface area contributed by atoms with Gasteiger partial charge in [0.2, 0.25) is 0 Å². The van der Waals surface area contributed by atoms with Crippen molar-refractivity contribution in [1.29, 1.82) is 0 Å². The Kier molecular flexibility index (Phi) is 6.60. The van der Waals surface area contributed by atoms with E-state index in [9.17, 15) is 0 Å². The van der Waals surface area contributed by atoms with Gasteiger partial charge in [-0.25, -0.2) is 0 Å². The van der Waals surface area contributed by atoms with E-state index in [-0.39, 0.29) is 0 Å². The number of hydrogen-bond acceptors (Lipinski definition) is 3. The van der Waals surface area contributed by atoms with Crippen LogP contribution in [-0.2, 0) is 6.42 Å². The quantitative estimate of drug-likeness (QED) is 0.200. The van der Waals surface area contributed by atoms with Crippen molar-refractivity contribution in [1.82, 2.24) is 0 Å². The number of benzene rings is 7. The molecule has 0 saturated heterocycles. The maximum absolute atomic E-state index is 6.41. The van der Waals surface area contributed by atoms with Crippen LogP contribution >= 0.6 is 0 Å². The molecule has 9 rings (SSSR count).